The maximum Gasteiger partial charge on any atom is 0.354 e. The highest BCUT2D eigenvalue weighted by molar-refractivity contribution is 6.05. The van der Waals surface area contributed by atoms with Crippen molar-refractivity contribution in [3.05, 3.63) is 59.4 Å². The average molecular weight is 381 g/mol. The van der Waals surface area contributed by atoms with E-state index < -0.39 is 11.9 Å². The molecule has 2 N–H and O–H groups in total. The first-order chi connectivity index (χ1) is 13.5. The molecule has 1 aromatic carbocycles. The molecule has 0 radical (unpaired) electrons. The monoisotopic (exact) mass is 381 g/mol. The molecule has 28 heavy (non-hydrogen) atoms. The van der Waals surface area contributed by atoms with Gasteiger partial charge in [-0.25, -0.2) is 9.78 Å². The van der Waals surface area contributed by atoms with E-state index in [9.17, 15) is 14.4 Å². The Balaban J connectivity index is 1.65. The summed E-state index contributed by atoms with van der Waals surface area (Å²) in [6, 6.07) is 9.65. The van der Waals surface area contributed by atoms with Gasteiger partial charge in [0.2, 0.25) is 0 Å². The molecular formula is C21H23N3O4. The third kappa shape index (κ3) is 4.54. The van der Waals surface area contributed by atoms with Gasteiger partial charge >= 0.3 is 5.97 Å². The fourth-order valence-electron chi connectivity index (χ4n) is 3.43. The second-order valence-electron chi connectivity index (χ2n) is 6.97. The third-order valence-corrected chi connectivity index (χ3v) is 5.07. The number of anilines is 1. The Morgan fingerprint density at radius 3 is 2.36 bits per heavy atom. The van der Waals surface area contributed by atoms with Crippen LogP contribution >= 0.6 is 0 Å². The summed E-state index contributed by atoms with van der Waals surface area (Å²) < 4.78 is 0. The summed E-state index contributed by atoms with van der Waals surface area (Å²) in [4.78, 5) is 41.5. The molecule has 1 fully saturated rings. The van der Waals surface area contributed by atoms with Crippen LogP contribution in [-0.4, -0.2) is 45.9 Å². The number of hydrogen-bond donors (Lipinski definition) is 2. The molecule has 0 spiro atoms. The predicted molar refractivity (Wildman–Crippen MR) is 105 cm³/mol. The van der Waals surface area contributed by atoms with E-state index in [1.54, 1.807) is 24.3 Å². The quantitative estimate of drug-likeness (QED) is 0.826. The number of amides is 2. The van der Waals surface area contributed by atoms with Gasteiger partial charge < -0.3 is 15.3 Å². The lowest BCUT2D eigenvalue weighted by molar-refractivity contribution is 0.0684. The molecule has 1 aliphatic carbocycles. The van der Waals surface area contributed by atoms with E-state index in [0.29, 0.717) is 11.3 Å². The Labute approximate surface area is 163 Å². The zero-order valence-electron chi connectivity index (χ0n) is 15.7. The van der Waals surface area contributed by atoms with Gasteiger partial charge in [-0.05, 0) is 49.2 Å². The van der Waals surface area contributed by atoms with Crippen molar-refractivity contribution in [2.75, 3.05) is 12.4 Å². The van der Waals surface area contributed by atoms with Gasteiger partial charge in [-0.1, -0.05) is 19.3 Å². The molecule has 146 valence electrons. The van der Waals surface area contributed by atoms with E-state index in [1.807, 2.05) is 11.9 Å². The van der Waals surface area contributed by atoms with Crippen LogP contribution < -0.4 is 5.32 Å². The molecule has 1 aliphatic rings. The summed E-state index contributed by atoms with van der Waals surface area (Å²) in [7, 11) is 1.84. The fourth-order valence-corrected chi connectivity index (χ4v) is 3.43. The van der Waals surface area contributed by atoms with Gasteiger partial charge in [-0.3, -0.25) is 9.59 Å². The smallest absolute Gasteiger partial charge is 0.354 e. The topological polar surface area (TPSA) is 99.6 Å². The maximum atomic E-state index is 12.7. The SMILES string of the molecule is CN(C(=O)c1ccc(NC(=O)c2ccnc(C(=O)O)c2)cc1)C1CCCCC1. The Bertz CT molecular complexity index is 873. The molecule has 0 bridgehead atoms. The Kier molecular flexibility index (Phi) is 6.03. The summed E-state index contributed by atoms with van der Waals surface area (Å²) in [5, 5.41) is 11.7. The number of hydrogen-bond acceptors (Lipinski definition) is 4. The van der Waals surface area contributed by atoms with Crippen molar-refractivity contribution in [1.29, 1.82) is 0 Å². The van der Waals surface area contributed by atoms with Crippen LogP contribution in [0.1, 0.15) is 63.3 Å². The van der Waals surface area contributed by atoms with Gasteiger partial charge in [-0.2, -0.15) is 0 Å². The molecule has 1 heterocycles. The zero-order valence-corrected chi connectivity index (χ0v) is 15.7. The Hall–Kier alpha value is -3.22. The number of nitrogens with zero attached hydrogens (tertiary/aromatic N) is 2. The molecular weight excluding hydrogens is 358 g/mol. The minimum absolute atomic E-state index is 0.0231. The van der Waals surface area contributed by atoms with Gasteiger partial charge in [0.1, 0.15) is 5.69 Å². The maximum absolute atomic E-state index is 12.7. The van der Waals surface area contributed by atoms with Crippen molar-refractivity contribution in [2.24, 2.45) is 0 Å². The van der Waals surface area contributed by atoms with Crippen molar-refractivity contribution in [1.82, 2.24) is 9.88 Å². The van der Waals surface area contributed by atoms with Crippen molar-refractivity contribution in [3.8, 4) is 0 Å². The lowest BCUT2D eigenvalue weighted by Gasteiger charge is -2.31. The number of benzene rings is 1. The molecule has 0 saturated heterocycles. The number of aromatic nitrogens is 1. The first-order valence-electron chi connectivity index (χ1n) is 9.33. The largest absolute Gasteiger partial charge is 0.477 e. The first kappa shape index (κ1) is 19.5. The van der Waals surface area contributed by atoms with Crippen molar-refractivity contribution in [3.63, 3.8) is 0 Å². The summed E-state index contributed by atoms with van der Waals surface area (Å²) in [6.07, 6.45) is 6.92. The zero-order chi connectivity index (χ0) is 20.1. The number of carbonyl (C=O) groups is 3. The molecule has 2 aromatic rings. The predicted octanol–water partition coefficient (Wildman–Crippen LogP) is 3.44. The highest BCUT2D eigenvalue weighted by Gasteiger charge is 2.23. The van der Waals surface area contributed by atoms with E-state index in [1.165, 1.54) is 24.8 Å². The van der Waals surface area contributed by atoms with E-state index in [-0.39, 0.29) is 23.2 Å². The number of nitrogens with one attached hydrogen (secondary N) is 1. The second kappa shape index (κ2) is 8.65. The third-order valence-electron chi connectivity index (χ3n) is 5.07. The number of carbonyl (C=O) groups excluding carboxylic acids is 2. The highest BCUT2D eigenvalue weighted by Crippen LogP contribution is 2.23. The van der Waals surface area contributed by atoms with Gasteiger partial charge in [-0.15, -0.1) is 0 Å². The van der Waals surface area contributed by atoms with Gasteiger partial charge in [0.05, 0.1) is 0 Å². The summed E-state index contributed by atoms with van der Waals surface area (Å²) in [6.45, 7) is 0. The lowest BCUT2D eigenvalue weighted by Crippen LogP contribution is -2.38. The van der Waals surface area contributed by atoms with Gasteiger partial charge in [0, 0.05) is 36.1 Å². The Morgan fingerprint density at radius 2 is 1.71 bits per heavy atom. The molecule has 2 amide bonds. The van der Waals surface area contributed by atoms with Gasteiger partial charge in [0.25, 0.3) is 11.8 Å². The first-order valence-corrected chi connectivity index (χ1v) is 9.33. The highest BCUT2D eigenvalue weighted by atomic mass is 16.4. The van der Waals surface area contributed by atoms with Crippen molar-refractivity contribution < 1.29 is 19.5 Å². The minimum atomic E-state index is -1.19. The summed E-state index contributed by atoms with van der Waals surface area (Å²) in [5.41, 5.74) is 1.10. The number of carboxylic acids is 1. The number of aromatic carboxylic acids is 1. The summed E-state index contributed by atoms with van der Waals surface area (Å²) >= 11 is 0. The van der Waals surface area contributed by atoms with Crippen LogP contribution in [0.3, 0.4) is 0 Å². The summed E-state index contributed by atoms with van der Waals surface area (Å²) in [5.74, 6) is -1.66. The molecule has 0 unspecified atom stereocenters. The molecule has 3 rings (SSSR count). The lowest BCUT2D eigenvalue weighted by atomic mass is 9.94. The van der Waals surface area contributed by atoms with E-state index in [2.05, 4.69) is 10.3 Å². The van der Waals surface area contributed by atoms with Crippen LogP contribution in [0.15, 0.2) is 42.6 Å². The molecule has 0 atom stereocenters. The molecule has 1 saturated carbocycles. The number of carboxylic acid groups (broad SMARTS) is 1. The number of rotatable bonds is 5. The van der Waals surface area contributed by atoms with Crippen molar-refractivity contribution in [2.45, 2.75) is 38.1 Å². The fraction of sp³-hybridized carbons (Fsp3) is 0.333. The van der Waals surface area contributed by atoms with Gasteiger partial charge in [0.15, 0.2) is 0 Å². The molecule has 1 aromatic heterocycles. The van der Waals surface area contributed by atoms with E-state index in [0.717, 1.165) is 25.7 Å². The van der Waals surface area contributed by atoms with E-state index in [4.69, 9.17) is 5.11 Å². The Morgan fingerprint density at radius 1 is 1.04 bits per heavy atom. The van der Waals surface area contributed by atoms with E-state index >= 15 is 0 Å². The molecule has 7 heteroatoms. The van der Waals surface area contributed by atoms with Crippen molar-refractivity contribution >= 4 is 23.5 Å². The molecule has 7 nitrogen and oxygen atoms in total. The minimum Gasteiger partial charge on any atom is -0.477 e. The normalized spacial score (nSPS) is 14.3. The second-order valence-corrected chi connectivity index (χ2v) is 6.97. The van der Waals surface area contributed by atoms with Crippen LogP contribution in [0.5, 0.6) is 0 Å². The van der Waals surface area contributed by atoms with Crippen LogP contribution in [0.4, 0.5) is 5.69 Å². The van der Waals surface area contributed by atoms with Crippen LogP contribution in [-0.2, 0) is 0 Å². The standard InChI is InChI=1S/C21H23N3O4/c1-24(17-5-3-2-4-6-17)20(26)14-7-9-16(10-8-14)23-19(25)15-11-12-22-18(13-15)21(27)28/h7-13,17H,2-6H2,1H3,(H,23,25)(H,27,28). The van der Waals surface area contributed by atoms with Crippen LogP contribution in [0, 0.1) is 0 Å². The van der Waals surface area contributed by atoms with Crippen LogP contribution in [0.25, 0.3) is 0 Å². The van der Waals surface area contributed by atoms with Crippen LogP contribution in [0.2, 0.25) is 0 Å². The molecule has 0 aliphatic heterocycles. The average Bonchev–Trinajstić information content (AvgIpc) is 2.74. The number of pyridine rings is 1.